The normalized spacial score (nSPS) is 27.1. The van der Waals surface area contributed by atoms with Crippen LogP contribution >= 0.6 is 11.6 Å². The van der Waals surface area contributed by atoms with E-state index in [9.17, 15) is 8.42 Å². The fourth-order valence-electron chi connectivity index (χ4n) is 3.24. The SMILES string of the molecule is Cc1c(N)cc(Cl)cc1S(=O)(=O)N1CC2CCC1C2. The zero-order valence-corrected chi connectivity index (χ0v) is 12.3. The lowest BCUT2D eigenvalue weighted by atomic mass is 10.1. The topological polar surface area (TPSA) is 63.4 Å². The van der Waals surface area contributed by atoms with E-state index in [-0.39, 0.29) is 10.9 Å². The van der Waals surface area contributed by atoms with Crippen LogP contribution in [0.15, 0.2) is 17.0 Å². The molecule has 1 saturated carbocycles. The standard InChI is InChI=1S/C13H17ClN2O2S/c1-8-12(15)5-10(14)6-13(8)19(17,18)16-7-9-2-3-11(16)4-9/h5-6,9,11H,2-4,7,15H2,1H3. The van der Waals surface area contributed by atoms with Crippen molar-refractivity contribution in [1.82, 2.24) is 4.31 Å². The van der Waals surface area contributed by atoms with E-state index in [4.69, 9.17) is 17.3 Å². The lowest BCUT2D eigenvalue weighted by Gasteiger charge is -2.27. The zero-order valence-electron chi connectivity index (χ0n) is 10.8. The van der Waals surface area contributed by atoms with Crippen LogP contribution in [0.25, 0.3) is 0 Å². The fraction of sp³-hybridized carbons (Fsp3) is 0.538. The molecule has 1 heterocycles. The Hall–Kier alpha value is -0.780. The van der Waals surface area contributed by atoms with Crippen LogP contribution in [0.1, 0.15) is 24.8 Å². The molecule has 2 unspecified atom stereocenters. The second-order valence-corrected chi connectivity index (χ2v) is 7.82. The average molecular weight is 301 g/mol. The lowest BCUT2D eigenvalue weighted by Crippen LogP contribution is -2.38. The van der Waals surface area contributed by atoms with E-state index in [0.717, 1.165) is 19.3 Å². The molecule has 2 aliphatic rings. The van der Waals surface area contributed by atoms with Crippen LogP contribution in [0.4, 0.5) is 5.69 Å². The Morgan fingerprint density at radius 3 is 2.68 bits per heavy atom. The first-order valence-electron chi connectivity index (χ1n) is 6.47. The quantitative estimate of drug-likeness (QED) is 0.853. The highest BCUT2D eigenvalue weighted by Crippen LogP contribution is 2.41. The van der Waals surface area contributed by atoms with Gasteiger partial charge < -0.3 is 5.73 Å². The fourth-order valence-corrected chi connectivity index (χ4v) is 5.56. The number of benzene rings is 1. The van der Waals surface area contributed by atoms with Crippen LogP contribution < -0.4 is 5.73 Å². The van der Waals surface area contributed by atoms with E-state index < -0.39 is 10.0 Å². The van der Waals surface area contributed by atoms with Crippen LogP contribution in [0.5, 0.6) is 0 Å². The van der Waals surface area contributed by atoms with Gasteiger partial charge in [0.2, 0.25) is 10.0 Å². The highest BCUT2D eigenvalue weighted by molar-refractivity contribution is 7.89. The monoisotopic (exact) mass is 300 g/mol. The van der Waals surface area contributed by atoms with E-state index in [2.05, 4.69) is 0 Å². The van der Waals surface area contributed by atoms with Gasteiger partial charge >= 0.3 is 0 Å². The molecule has 0 spiro atoms. The first kappa shape index (κ1) is 13.2. The maximum absolute atomic E-state index is 12.8. The highest BCUT2D eigenvalue weighted by atomic mass is 35.5. The van der Waals surface area contributed by atoms with E-state index in [1.807, 2.05) is 0 Å². The summed E-state index contributed by atoms with van der Waals surface area (Å²) in [6.07, 6.45) is 3.11. The second kappa shape index (κ2) is 4.36. The third-order valence-corrected chi connectivity index (χ3v) is 6.57. The number of hydrogen-bond donors (Lipinski definition) is 1. The molecule has 2 bridgehead atoms. The number of nitrogens with zero attached hydrogens (tertiary/aromatic N) is 1. The Labute approximate surface area is 118 Å². The Morgan fingerprint density at radius 2 is 2.11 bits per heavy atom. The molecule has 0 radical (unpaired) electrons. The van der Waals surface area contributed by atoms with Crippen molar-refractivity contribution in [2.24, 2.45) is 5.92 Å². The predicted molar refractivity (Wildman–Crippen MR) is 75.6 cm³/mol. The minimum absolute atomic E-state index is 0.162. The first-order valence-corrected chi connectivity index (χ1v) is 8.29. The molecule has 2 N–H and O–H groups in total. The molecule has 1 aliphatic carbocycles. The summed E-state index contributed by atoms with van der Waals surface area (Å²) in [6, 6.07) is 3.26. The molecular formula is C13H17ClN2O2S. The van der Waals surface area contributed by atoms with Crippen molar-refractivity contribution in [2.75, 3.05) is 12.3 Å². The molecule has 1 saturated heterocycles. The van der Waals surface area contributed by atoms with Crippen molar-refractivity contribution in [2.45, 2.75) is 37.1 Å². The van der Waals surface area contributed by atoms with E-state index >= 15 is 0 Å². The number of rotatable bonds is 2. The highest BCUT2D eigenvalue weighted by Gasteiger charge is 2.44. The summed E-state index contributed by atoms with van der Waals surface area (Å²) in [4.78, 5) is 0.255. The maximum Gasteiger partial charge on any atom is 0.243 e. The number of nitrogen functional groups attached to an aromatic ring is 1. The molecule has 6 heteroatoms. The third-order valence-electron chi connectivity index (χ3n) is 4.31. The summed E-state index contributed by atoms with van der Waals surface area (Å²) in [5, 5.41) is 0.367. The number of halogens is 1. The summed E-state index contributed by atoms with van der Waals surface area (Å²) < 4.78 is 27.2. The maximum atomic E-state index is 12.8. The molecule has 104 valence electrons. The Morgan fingerprint density at radius 1 is 1.37 bits per heavy atom. The van der Waals surface area contributed by atoms with Gasteiger partial charge in [0.15, 0.2) is 0 Å². The summed E-state index contributed by atoms with van der Waals surface area (Å²) in [5.41, 5.74) is 6.84. The number of fused-ring (bicyclic) bond motifs is 2. The van der Waals surface area contributed by atoms with Gasteiger partial charge in [0.1, 0.15) is 0 Å². The van der Waals surface area contributed by atoms with Crippen LogP contribution in [-0.4, -0.2) is 25.3 Å². The van der Waals surface area contributed by atoms with Crippen LogP contribution in [0.3, 0.4) is 0 Å². The minimum atomic E-state index is -3.48. The van der Waals surface area contributed by atoms with Gasteiger partial charge in [0.25, 0.3) is 0 Å². The minimum Gasteiger partial charge on any atom is -0.398 e. The Balaban J connectivity index is 2.06. The van der Waals surface area contributed by atoms with Gasteiger partial charge in [-0.1, -0.05) is 11.6 Å². The van der Waals surface area contributed by atoms with Gasteiger partial charge in [-0.15, -0.1) is 0 Å². The molecule has 2 atom stereocenters. The molecular weight excluding hydrogens is 284 g/mol. The van der Waals surface area contributed by atoms with Gasteiger partial charge in [-0.3, -0.25) is 0 Å². The number of piperidine rings is 1. The predicted octanol–water partition coefficient (Wildman–Crippen LogP) is 2.40. The number of anilines is 1. The Bertz CT molecular complexity index is 630. The lowest BCUT2D eigenvalue weighted by molar-refractivity contribution is 0.333. The van der Waals surface area contributed by atoms with Crippen molar-refractivity contribution >= 4 is 27.3 Å². The van der Waals surface area contributed by atoms with Crippen molar-refractivity contribution < 1.29 is 8.42 Å². The molecule has 4 nitrogen and oxygen atoms in total. The van der Waals surface area contributed by atoms with E-state index in [1.54, 1.807) is 17.3 Å². The van der Waals surface area contributed by atoms with Crippen LogP contribution in [-0.2, 0) is 10.0 Å². The number of sulfonamides is 1. The first-order chi connectivity index (χ1) is 8.89. The van der Waals surface area contributed by atoms with Crippen LogP contribution in [0.2, 0.25) is 5.02 Å². The molecule has 1 aromatic carbocycles. The molecule has 0 aromatic heterocycles. The summed E-state index contributed by atoms with van der Waals surface area (Å²) in [7, 11) is -3.48. The van der Waals surface area contributed by atoms with Crippen molar-refractivity contribution in [3.63, 3.8) is 0 Å². The van der Waals surface area contributed by atoms with Crippen molar-refractivity contribution in [3.05, 3.63) is 22.7 Å². The van der Waals surface area contributed by atoms with E-state index in [0.29, 0.717) is 28.7 Å². The molecule has 1 aliphatic heterocycles. The number of hydrogen-bond acceptors (Lipinski definition) is 3. The number of nitrogens with two attached hydrogens (primary N) is 1. The second-order valence-electron chi connectivity index (χ2n) is 5.53. The summed E-state index contributed by atoms with van der Waals surface area (Å²) >= 11 is 5.95. The van der Waals surface area contributed by atoms with Gasteiger partial charge in [-0.25, -0.2) is 8.42 Å². The van der Waals surface area contributed by atoms with Gasteiger partial charge in [0.05, 0.1) is 4.90 Å². The van der Waals surface area contributed by atoms with Crippen molar-refractivity contribution in [1.29, 1.82) is 0 Å². The zero-order chi connectivity index (χ0) is 13.8. The molecule has 2 fully saturated rings. The smallest absolute Gasteiger partial charge is 0.243 e. The third kappa shape index (κ3) is 2.04. The summed E-state index contributed by atoms with van der Waals surface area (Å²) in [6.45, 7) is 2.37. The largest absolute Gasteiger partial charge is 0.398 e. The molecule has 3 rings (SSSR count). The van der Waals surface area contributed by atoms with E-state index in [1.165, 1.54) is 6.07 Å². The molecule has 0 amide bonds. The van der Waals surface area contributed by atoms with Gasteiger partial charge in [-0.2, -0.15) is 4.31 Å². The Kier molecular flexibility index (Phi) is 3.04. The van der Waals surface area contributed by atoms with Gasteiger partial charge in [-0.05, 0) is 49.8 Å². The summed E-state index contributed by atoms with van der Waals surface area (Å²) in [5.74, 6) is 0.525. The van der Waals surface area contributed by atoms with Gasteiger partial charge in [0, 0.05) is 23.3 Å². The van der Waals surface area contributed by atoms with Crippen LogP contribution in [0, 0.1) is 12.8 Å². The van der Waals surface area contributed by atoms with Crippen molar-refractivity contribution in [3.8, 4) is 0 Å². The molecule has 1 aromatic rings. The molecule has 19 heavy (non-hydrogen) atoms. The average Bonchev–Trinajstić information content (AvgIpc) is 2.95.